The summed E-state index contributed by atoms with van der Waals surface area (Å²) in [6, 6.07) is 6.66. The lowest BCUT2D eigenvalue weighted by Gasteiger charge is -2.15. The fourth-order valence-electron chi connectivity index (χ4n) is 1.76. The number of thiazole rings is 1. The first-order valence-electron chi connectivity index (χ1n) is 5.54. The Hall–Kier alpha value is -0.950. The van der Waals surface area contributed by atoms with Gasteiger partial charge in [0.25, 0.3) is 9.05 Å². The van der Waals surface area contributed by atoms with Crippen LogP contribution in [-0.4, -0.2) is 25.3 Å². The lowest BCUT2D eigenvalue weighted by Crippen LogP contribution is -2.17. The molecule has 0 saturated heterocycles. The number of hydrogen-bond acceptors (Lipinski definition) is 5. The molecule has 2 rings (SSSR count). The van der Waals surface area contributed by atoms with E-state index in [1.54, 1.807) is 29.0 Å². The fraction of sp³-hybridized carbons (Fsp3) is 0.250. The second kappa shape index (κ2) is 6.00. The van der Waals surface area contributed by atoms with Gasteiger partial charge in [-0.3, -0.25) is 4.90 Å². The molecule has 0 bridgehead atoms. The average molecular weight is 317 g/mol. The minimum absolute atomic E-state index is 0.133. The number of nitrogens with zero attached hydrogens (tertiary/aromatic N) is 2. The lowest BCUT2D eigenvalue weighted by molar-refractivity contribution is 0.315. The van der Waals surface area contributed by atoms with Gasteiger partial charge in [0.05, 0.1) is 16.1 Å². The third kappa shape index (κ3) is 4.28. The van der Waals surface area contributed by atoms with Crippen LogP contribution in [0.15, 0.2) is 40.1 Å². The molecule has 0 fully saturated rings. The highest BCUT2D eigenvalue weighted by Gasteiger charge is 2.11. The van der Waals surface area contributed by atoms with E-state index in [0.29, 0.717) is 6.54 Å². The van der Waals surface area contributed by atoms with Gasteiger partial charge in [-0.25, -0.2) is 13.4 Å². The normalized spacial score (nSPS) is 11.9. The molecule has 19 heavy (non-hydrogen) atoms. The molecule has 0 N–H and O–H groups in total. The summed E-state index contributed by atoms with van der Waals surface area (Å²) >= 11 is 1.56. The van der Waals surface area contributed by atoms with Crippen LogP contribution in [0.5, 0.6) is 0 Å². The molecule has 0 aliphatic carbocycles. The van der Waals surface area contributed by atoms with E-state index in [0.717, 1.165) is 17.8 Å². The van der Waals surface area contributed by atoms with Crippen molar-refractivity contribution in [2.45, 2.75) is 18.0 Å². The number of halogens is 1. The predicted molar refractivity (Wildman–Crippen MR) is 76.8 cm³/mol. The molecule has 4 nitrogen and oxygen atoms in total. The van der Waals surface area contributed by atoms with Gasteiger partial charge in [0, 0.05) is 29.2 Å². The molecule has 2 aromatic rings. The molecule has 0 atom stereocenters. The van der Waals surface area contributed by atoms with Crippen LogP contribution in [-0.2, 0) is 22.1 Å². The minimum Gasteiger partial charge on any atom is -0.296 e. The standard InChI is InChI=1S/C12H13ClN2O2S2/c1-15(7-11-8-18-9-14-11)6-10-3-2-4-12(5-10)19(13,16)17/h2-5,8-9H,6-7H2,1H3. The van der Waals surface area contributed by atoms with Gasteiger partial charge in [-0.05, 0) is 24.7 Å². The fourth-order valence-corrected chi connectivity index (χ4v) is 3.13. The zero-order valence-electron chi connectivity index (χ0n) is 10.3. The van der Waals surface area contributed by atoms with E-state index in [1.807, 2.05) is 18.5 Å². The Morgan fingerprint density at radius 2 is 2.16 bits per heavy atom. The number of benzene rings is 1. The zero-order valence-corrected chi connectivity index (χ0v) is 12.7. The van der Waals surface area contributed by atoms with Crippen LogP contribution < -0.4 is 0 Å². The van der Waals surface area contributed by atoms with Crippen molar-refractivity contribution >= 4 is 31.1 Å². The van der Waals surface area contributed by atoms with Gasteiger partial charge in [0.2, 0.25) is 0 Å². The van der Waals surface area contributed by atoms with E-state index < -0.39 is 9.05 Å². The van der Waals surface area contributed by atoms with Crippen LogP contribution >= 0.6 is 22.0 Å². The Morgan fingerprint density at radius 1 is 1.37 bits per heavy atom. The van der Waals surface area contributed by atoms with Crippen molar-refractivity contribution in [2.24, 2.45) is 0 Å². The van der Waals surface area contributed by atoms with Crippen LogP contribution in [0.1, 0.15) is 11.3 Å². The molecule has 1 heterocycles. The first-order chi connectivity index (χ1) is 8.95. The van der Waals surface area contributed by atoms with Crippen LogP contribution in [0.2, 0.25) is 0 Å². The SMILES string of the molecule is CN(Cc1cccc(S(=O)(=O)Cl)c1)Cc1cscn1. The summed E-state index contributed by atoms with van der Waals surface area (Å²) in [7, 11) is 3.62. The van der Waals surface area contributed by atoms with Gasteiger partial charge in [0.15, 0.2) is 0 Å². The highest BCUT2D eigenvalue weighted by Crippen LogP contribution is 2.17. The molecule has 0 radical (unpaired) electrons. The summed E-state index contributed by atoms with van der Waals surface area (Å²) in [5.41, 5.74) is 3.71. The third-order valence-electron chi connectivity index (χ3n) is 2.55. The van der Waals surface area contributed by atoms with Crippen molar-refractivity contribution in [1.82, 2.24) is 9.88 Å². The van der Waals surface area contributed by atoms with E-state index in [4.69, 9.17) is 10.7 Å². The molecular formula is C12H13ClN2O2S2. The van der Waals surface area contributed by atoms with Gasteiger partial charge in [0.1, 0.15) is 0 Å². The van der Waals surface area contributed by atoms with Gasteiger partial charge in [-0.2, -0.15) is 0 Å². The second-order valence-corrected chi connectivity index (χ2v) is 7.52. The maximum absolute atomic E-state index is 11.3. The first kappa shape index (κ1) is 14.5. The molecule has 7 heteroatoms. The maximum atomic E-state index is 11.3. The topological polar surface area (TPSA) is 50.3 Å². The number of hydrogen-bond donors (Lipinski definition) is 0. The smallest absolute Gasteiger partial charge is 0.261 e. The van der Waals surface area contributed by atoms with E-state index in [9.17, 15) is 8.42 Å². The Bertz CT molecular complexity index is 642. The summed E-state index contributed by atoms with van der Waals surface area (Å²) < 4.78 is 22.5. The van der Waals surface area contributed by atoms with Crippen LogP contribution in [0, 0.1) is 0 Å². The summed E-state index contributed by atoms with van der Waals surface area (Å²) in [6.07, 6.45) is 0. The Kier molecular flexibility index (Phi) is 4.57. The van der Waals surface area contributed by atoms with Crippen molar-refractivity contribution in [3.63, 3.8) is 0 Å². The molecule has 0 saturated carbocycles. The average Bonchev–Trinajstić information content (AvgIpc) is 2.80. The van der Waals surface area contributed by atoms with Gasteiger partial charge in [-0.1, -0.05) is 12.1 Å². The van der Waals surface area contributed by atoms with Crippen LogP contribution in [0.3, 0.4) is 0 Å². The summed E-state index contributed by atoms with van der Waals surface area (Å²) in [5, 5.41) is 2.00. The van der Waals surface area contributed by atoms with Crippen molar-refractivity contribution in [2.75, 3.05) is 7.05 Å². The van der Waals surface area contributed by atoms with E-state index in [-0.39, 0.29) is 4.90 Å². The summed E-state index contributed by atoms with van der Waals surface area (Å²) in [4.78, 5) is 6.41. The predicted octanol–water partition coefficient (Wildman–Crippen LogP) is 2.70. The lowest BCUT2D eigenvalue weighted by atomic mass is 10.2. The molecule has 1 aromatic carbocycles. The van der Waals surface area contributed by atoms with Gasteiger partial charge in [-0.15, -0.1) is 11.3 Å². The Labute approximate surface area is 121 Å². The zero-order chi connectivity index (χ0) is 13.9. The Morgan fingerprint density at radius 3 is 2.79 bits per heavy atom. The monoisotopic (exact) mass is 316 g/mol. The molecule has 0 amide bonds. The van der Waals surface area contributed by atoms with E-state index >= 15 is 0 Å². The van der Waals surface area contributed by atoms with Crippen molar-refractivity contribution in [3.05, 3.63) is 46.4 Å². The van der Waals surface area contributed by atoms with Crippen LogP contribution in [0.4, 0.5) is 0 Å². The minimum atomic E-state index is -3.67. The molecule has 1 aromatic heterocycles. The quantitative estimate of drug-likeness (QED) is 0.796. The van der Waals surface area contributed by atoms with Gasteiger partial charge >= 0.3 is 0 Å². The molecular weight excluding hydrogens is 304 g/mol. The van der Waals surface area contributed by atoms with E-state index in [1.165, 1.54) is 6.07 Å². The van der Waals surface area contributed by atoms with E-state index in [2.05, 4.69) is 9.88 Å². The third-order valence-corrected chi connectivity index (χ3v) is 4.53. The second-order valence-electron chi connectivity index (χ2n) is 4.24. The molecule has 102 valence electrons. The highest BCUT2D eigenvalue weighted by molar-refractivity contribution is 8.13. The molecule has 0 unspecified atom stereocenters. The Balaban J connectivity index is 2.07. The maximum Gasteiger partial charge on any atom is 0.261 e. The summed E-state index contributed by atoms with van der Waals surface area (Å²) in [5.74, 6) is 0. The summed E-state index contributed by atoms with van der Waals surface area (Å²) in [6.45, 7) is 1.36. The molecule has 0 spiro atoms. The van der Waals surface area contributed by atoms with Crippen LogP contribution in [0.25, 0.3) is 0 Å². The molecule has 0 aliphatic rings. The first-order valence-corrected chi connectivity index (χ1v) is 8.79. The van der Waals surface area contributed by atoms with Crippen molar-refractivity contribution < 1.29 is 8.42 Å². The number of rotatable bonds is 5. The largest absolute Gasteiger partial charge is 0.296 e. The highest BCUT2D eigenvalue weighted by atomic mass is 35.7. The van der Waals surface area contributed by atoms with Crippen molar-refractivity contribution in [3.8, 4) is 0 Å². The number of aromatic nitrogens is 1. The van der Waals surface area contributed by atoms with Gasteiger partial charge < -0.3 is 0 Å². The van der Waals surface area contributed by atoms with Crippen molar-refractivity contribution in [1.29, 1.82) is 0 Å². The molecule has 0 aliphatic heterocycles.